The second-order valence-electron chi connectivity index (χ2n) is 5.69. The van der Waals surface area contributed by atoms with Crippen LogP contribution < -0.4 is 10.2 Å². The summed E-state index contributed by atoms with van der Waals surface area (Å²) >= 11 is 0. The highest BCUT2D eigenvalue weighted by Crippen LogP contribution is 2.30. The van der Waals surface area contributed by atoms with Gasteiger partial charge in [0.05, 0.1) is 5.56 Å². The number of nitrogens with zero attached hydrogens (tertiary/aromatic N) is 2. The first kappa shape index (κ1) is 19.1. The van der Waals surface area contributed by atoms with Gasteiger partial charge in [0, 0.05) is 25.5 Å². The van der Waals surface area contributed by atoms with E-state index in [1.54, 1.807) is 18.2 Å². The number of anilines is 2. The zero-order valence-corrected chi connectivity index (χ0v) is 14.1. The maximum atomic E-state index is 12.7. The highest BCUT2D eigenvalue weighted by molar-refractivity contribution is 6.09. The molecule has 4 nitrogen and oxygen atoms in total. The molecule has 0 fully saturated rings. The van der Waals surface area contributed by atoms with Crippen LogP contribution in [0.1, 0.15) is 11.1 Å². The van der Waals surface area contributed by atoms with Gasteiger partial charge < -0.3 is 10.2 Å². The largest absolute Gasteiger partial charge is 0.416 e. The van der Waals surface area contributed by atoms with Crippen molar-refractivity contribution < 1.29 is 18.0 Å². The zero-order chi connectivity index (χ0) is 19.3. The summed E-state index contributed by atoms with van der Waals surface area (Å²) in [6, 6.07) is 13.1. The van der Waals surface area contributed by atoms with E-state index >= 15 is 0 Å². The average molecular weight is 359 g/mol. The van der Waals surface area contributed by atoms with E-state index < -0.39 is 17.6 Å². The first-order valence-corrected chi connectivity index (χ1v) is 7.58. The van der Waals surface area contributed by atoms with Crippen molar-refractivity contribution in [1.29, 1.82) is 5.26 Å². The van der Waals surface area contributed by atoms with Crippen LogP contribution in [0, 0.1) is 11.3 Å². The standard InChI is InChI=1S/C19H16F3N3O/c1-25(2)17-8-6-13(7-9-17)10-14(12-23)18(26)24-16-5-3-4-15(11-16)19(20,21)22/h3-11H,1-2H3,(H,24,26)/b14-10+. The fourth-order valence-corrected chi connectivity index (χ4v) is 2.16. The summed E-state index contributed by atoms with van der Waals surface area (Å²) in [5.74, 6) is -0.775. The summed E-state index contributed by atoms with van der Waals surface area (Å²) in [4.78, 5) is 14.1. The molecule has 2 rings (SSSR count). The Balaban J connectivity index is 2.20. The van der Waals surface area contributed by atoms with E-state index in [1.165, 1.54) is 18.2 Å². The van der Waals surface area contributed by atoms with Gasteiger partial charge in [-0.2, -0.15) is 18.4 Å². The number of benzene rings is 2. The maximum absolute atomic E-state index is 12.7. The van der Waals surface area contributed by atoms with Gasteiger partial charge in [-0.25, -0.2) is 0 Å². The molecule has 1 N–H and O–H groups in total. The predicted molar refractivity (Wildman–Crippen MR) is 94.4 cm³/mol. The van der Waals surface area contributed by atoms with Crippen molar-refractivity contribution >= 4 is 23.4 Å². The zero-order valence-electron chi connectivity index (χ0n) is 14.1. The minimum atomic E-state index is -4.51. The molecule has 0 aliphatic carbocycles. The third kappa shape index (κ3) is 4.86. The molecule has 0 aliphatic heterocycles. The molecular formula is C19H16F3N3O. The molecule has 0 spiro atoms. The SMILES string of the molecule is CN(C)c1ccc(/C=C(\C#N)C(=O)Nc2cccc(C(F)(F)F)c2)cc1. The van der Waals surface area contributed by atoms with E-state index in [4.69, 9.17) is 0 Å². The van der Waals surface area contributed by atoms with Gasteiger partial charge in [-0.1, -0.05) is 18.2 Å². The molecule has 0 bridgehead atoms. The number of halogens is 3. The van der Waals surface area contributed by atoms with Gasteiger partial charge in [0.2, 0.25) is 0 Å². The van der Waals surface area contributed by atoms with Crippen molar-refractivity contribution in [1.82, 2.24) is 0 Å². The van der Waals surface area contributed by atoms with Gasteiger partial charge in [-0.3, -0.25) is 4.79 Å². The summed E-state index contributed by atoms with van der Waals surface area (Å²) in [7, 11) is 3.77. The Labute approximate surface area is 149 Å². The van der Waals surface area contributed by atoms with E-state index in [0.717, 1.165) is 17.8 Å². The number of hydrogen-bond donors (Lipinski definition) is 1. The normalized spacial score (nSPS) is 11.6. The lowest BCUT2D eigenvalue weighted by Gasteiger charge is -2.12. The number of alkyl halides is 3. The smallest absolute Gasteiger partial charge is 0.378 e. The van der Waals surface area contributed by atoms with E-state index in [-0.39, 0.29) is 11.3 Å². The van der Waals surface area contributed by atoms with Crippen LogP contribution >= 0.6 is 0 Å². The minimum Gasteiger partial charge on any atom is -0.378 e. The van der Waals surface area contributed by atoms with Crippen LogP contribution in [0.15, 0.2) is 54.1 Å². The molecular weight excluding hydrogens is 343 g/mol. The van der Waals surface area contributed by atoms with Gasteiger partial charge >= 0.3 is 6.18 Å². The van der Waals surface area contributed by atoms with Crippen molar-refractivity contribution in [3.63, 3.8) is 0 Å². The second kappa shape index (κ2) is 7.74. The minimum absolute atomic E-state index is 0.0334. The lowest BCUT2D eigenvalue weighted by molar-refractivity contribution is -0.137. The van der Waals surface area contributed by atoms with Gasteiger partial charge in [-0.15, -0.1) is 0 Å². The third-order valence-corrected chi connectivity index (χ3v) is 3.53. The number of hydrogen-bond acceptors (Lipinski definition) is 3. The van der Waals surface area contributed by atoms with Crippen LogP contribution in [0.4, 0.5) is 24.5 Å². The first-order valence-electron chi connectivity index (χ1n) is 7.58. The molecule has 0 saturated heterocycles. The molecule has 0 aliphatic rings. The molecule has 26 heavy (non-hydrogen) atoms. The van der Waals surface area contributed by atoms with E-state index in [9.17, 15) is 23.2 Å². The molecule has 134 valence electrons. The molecule has 1 amide bonds. The highest BCUT2D eigenvalue weighted by Gasteiger charge is 2.30. The van der Waals surface area contributed by atoms with Crippen LogP contribution in [-0.2, 0) is 11.0 Å². The number of amides is 1. The van der Waals surface area contributed by atoms with Crippen molar-refractivity contribution in [3.8, 4) is 6.07 Å². The first-order chi connectivity index (χ1) is 12.2. The number of rotatable bonds is 4. The molecule has 0 atom stereocenters. The molecule has 7 heteroatoms. The van der Waals surface area contributed by atoms with E-state index in [2.05, 4.69) is 5.32 Å². The summed E-state index contributed by atoms with van der Waals surface area (Å²) in [5, 5.41) is 11.5. The van der Waals surface area contributed by atoms with Crippen molar-refractivity contribution in [2.24, 2.45) is 0 Å². The topological polar surface area (TPSA) is 56.1 Å². The Kier molecular flexibility index (Phi) is 5.68. The molecule has 0 unspecified atom stereocenters. The second-order valence-corrected chi connectivity index (χ2v) is 5.69. The summed E-state index contributed by atoms with van der Waals surface area (Å²) < 4.78 is 38.2. The van der Waals surface area contributed by atoms with Gasteiger partial charge in [-0.05, 0) is 42.0 Å². The van der Waals surface area contributed by atoms with Crippen molar-refractivity contribution in [3.05, 3.63) is 65.2 Å². The van der Waals surface area contributed by atoms with Crippen LogP contribution in [0.3, 0.4) is 0 Å². The Morgan fingerprint density at radius 3 is 2.35 bits per heavy atom. The fraction of sp³-hybridized carbons (Fsp3) is 0.158. The fourth-order valence-electron chi connectivity index (χ4n) is 2.16. The van der Waals surface area contributed by atoms with Gasteiger partial charge in [0.25, 0.3) is 5.91 Å². The van der Waals surface area contributed by atoms with Gasteiger partial charge in [0.15, 0.2) is 0 Å². The number of nitrogens with one attached hydrogen (secondary N) is 1. The van der Waals surface area contributed by atoms with E-state index in [0.29, 0.717) is 5.56 Å². The number of carbonyl (C=O) groups excluding carboxylic acids is 1. The molecule has 0 saturated carbocycles. The lowest BCUT2D eigenvalue weighted by Crippen LogP contribution is -2.14. The number of carbonyl (C=O) groups is 1. The predicted octanol–water partition coefficient (Wildman–Crippen LogP) is 4.32. The Bertz CT molecular complexity index is 863. The molecule has 0 aromatic heterocycles. The van der Waals surface area contributed by atoms with Crippen molar-refractivity contribution in [2.75, 3.05) is 24.3 Å². The Hall–Kier alpha value is -3.27. The highest BCUT2D eigenvalue weighted by atomic mass is 19.4. The van der Waals surface area contributed by atoms with Crippen LogP contribution in [0.2, 0.25) is 0 Å². The van der Waals surface area contributed by atoms with Crippen LogP contribution in [0.25, 0.3) is 6.08 Å². The molecule has 0 radical (unpaired) electrons. The summed E-state index contributed by atoms with van der Waals surface area (Å²) in [5.41, 5.74) is 0.464. The molecule has 2 aromatic carbocycles. The quantitative estimate of drug-likeness (QED) is 0.653. The van der Waals surface area contributed by atoms with Crippen molar-refractivity contribution in [2.45, 2.75) is 6.18 Å². The third-order valence-electron chi connectivity index (χ3n) is 3.53. The lowest BCUT2D eigenvalue weighted by atomic mass is 10.1. The summed E-state index contributed by atoms with van der Waals surface area (Å²) in [6.07, 6.45) is -3.13. The Morgan fingerprint density at radius 2 is 1.81 bits per heavy atom. The summed E-state index contributed by atoms with van der Waals surface area (Å²) in [6.45, 7) is 0. The number of nitriles is 1. The van der Waals surface area contributed by atoms with Gasteiger partial charge in [0.1, 0.15) is 11.6 Å². The maximum Gasteiger partial charge on any atom is 0.416 e. The van der Waals surface area contributed by atoms with Crippen LogP contribution in [-0.4, -0.2) is 20.0 Å². The average Bonchev–Trinajstić information content (AvgIpc) is 2.59. The van der Waals surface area contributed by atoms with E-state index in [1.807, 2.05) is 31.1 Å². The monoisotopic (exact) mass is 359 g/mol. The Morgan fingerprint density at radius 1 is 1.15 bits per heavy atom. The van der Waals surface area contributed by atoms with Crippen LogP contribution in [0.5, 0.6) is 0 Å². The molecule has 2 aromatic rings. The molecule has 0 heterocycles.